The zero-order chi connectivity index (χ0) is 12.9. The Labute approximate surface area is 114 Å². The quantitative estimate of drug-likeness (QED) is 0.811. The van der Waals surface area contributed by atoms with Gasteiger partial charge in [0.05, 0.1) is 13.2 Å². The summed E-state index contributed by atoms with van der Waals surface area (Å²) in [6.07, 6.45) is 7.13. The number of morpholine rings is 1. The molecule has 0 aliphatic carbocycles. The fraction of sp³-hybridized carbons (Fsp3) is 0.714. The Morgan fingerprint density at radius 2 is 1.63 bits per heavy atom. The van der Waals surface area contributed by atoms with Crippen molar-refractivity contribution >= 4 is 11.8 Å². The molecule has 2 aliphatic heterocycles. The molecule has 5 nitrogen and oxygen atoms in total. The molecule has 0 atom stereocenters. The van der Waals surface area contributed by atoms with E-state index >= 15 is 0 Å². The van der Waals surface area contributed by atoms with Gasteiger partial charge in [-0.25, -0.2) is 4.98 Å². The van der Waals surface area contributed by atoms with Crippen LogP contribution in [0.2, 0.25) is 0 Å². The van der Waals surface area contributed by atoms with Gasteiger partial charge in [-0.2, -0.15) is 4.98 Å². The molecular formula is C14H22N4O. The van der Waals surface area contributed by atoms with Crippen LogP contribution < -0.4 is 9.80 Å². The van der Waals surface area contributed by atoms with Crippen molar-refractivity contribution in [1.82, 2.24) is 9.97 Å². The zero-order valence-corrected chi connectivity index (χ0v) is 11.4. The number of hydrogen-bond acceptors (Lipinski definition) is 5. The number of anilines is 2. The Bertz CT molecular complexity index is 398. The van der Waals surface area contributed by atoms with Crippen LogP contribution >= 0.6 is 0 Å². The van der Waals surface area contributed by atoms with Crippen LogP contribution in [-0.2, 0) is 4.74 Å². The third kappa shape index (κ3) is 3.15. The van der Waals surface area contributed by atoms with E-state index in [4.69, 9.17) is 9.72 Å². The van der Waals surface area contributed by atoms with E-state index in [1.165, 1.54) is 25.7 Å². The fourth-order valence-electron chi connectivity index (χ4n) is 2.73. The maximum Gasteiger partial charge on any atom is 0.227 e. The van der Waals surface area contributed by atoms with E-state index in [0.29, 0.717) is 0 Å². The van der Waals surface area contributed by atoms with E-state index in [0.717, 1.165) is 51.2 Å². The van der Waals surface area contributed by atoms with E-state index in [9.17, 15) is 0 Å². The Morgan fingerprint density at radius 3 is 2.37 bits per heavy atom. The molecule has 3 rings (SSSR count). The van der Waals surface area contributed by atoms with Gasteiger partial charge in [0.15, 0.2) is 0 Å². The topological polar surface area (TPSA) is 41.5 Å². The Morgan fingerprint density at radius 1 is 0.895 bits per heavy atom. The van der Waals surface area contributed by atoms with Crippen molar-refractivity contribution in [2.45, 2.75) is 25.7 Å². The van der Waals surface area contributed by atoms with Crippen molar-refractivity contribution in [3.63, 3.8) is 0 Å². The van der Waals surface area contributed by atoms with Gasteiger partial charge < -0.3 is 14.5 Å². The third-order valence-corrected chi connectivity index (χ3v) is 3.85. The molecule has 0 radical (unpaired) electrons. The van der Waals surface area contributed by atoms with Crippen LogP contribution in [0.4, 0.5) is 11.8 Å². The summed E-state index contributed by atoms with van der Waals surface area (Å²) >= 11 is 0. The molecule has 0 amide bonds. The number of nitrogens with zero attached hydrogens (tertiary/aromatic N) is 4. The largest absolute Gasteiger partial charge is 0.378 e. The highest BCUT2D eigenvalue weighted by atomic mass is 16.5. The summed E-state index contributed by atoms with van der Waals surface area (Å²) in [5.41, 5.74) is 0. The van der Waals surface area contributed by atoms with Gasteiger partial charge in [0.2, 0.25) is 5.95 Å². The lowest BCUT2D eigenvalue weighted by molar-refractivity contribution is 0.122. The average Bonchev–Trinajstić information content (AvgIpc) is 2.77. The van der Waals surface area contributed by atoms with E-state index in [1.54, 1.807) is 0 Å². The maximum absolute atomic E-state index is 5.38. The molecule has 0 unspecified atom stereocenters. The van der Waals surface area contributed by atoms with Crippen LogP contribution in [0, 0.1) is 0 Å². The van der Waals surface area contributed by atoms with E-state index < -0.39 is 0 Å². The van der Waals surface area contributed by atoms with Gasteiger partial charge in [-0.3, -0.25) is 0 Å². The highest BCUT2D eigenvalue weighted by Crippen LogP contribution is 2.19. The second-order valence-electron chi connectivity index (χ2n) is 5.22. The standard InChI is InChI=1S/C14H22N4O/c1-2-4-8-17(7-3-1)13-5-6-15-14(16-13)18-9-11-19-12-10-18/h5-6H,1-4,7-12H2. The second-order valence-corrected chi connectivity index (χ2v) is 5.22. The first-order chi connectivity index (χ1) is 9.43. The first kappa shape index (κ1) is 12.7. The number of hydrogen-bond donors (Lipinski definition) is 0. The normalized spacial score (nSPS) is 21.3. The predicted octanol–water partition coefficient (Wildman–Crippen LogP) is 1.69. The Kier molecular flexibility index (Phi) is 4.13. The molecule has 3 heterocycles. The summed E-state index contributed by atoms with van der Waals surface area (Å²) < 4.78 is 5.38. The minimum absolute atomic E-state index is 0.775. The van der Waals surface area contributed by atoms with Crippen LogP contribution in [0.3, 0.4) is 0 Å². The van der Waals surface area contributed by atoms with Crippen molar-refractivity contribution < 1.29 is 4.74 Å². The van der Waals surface area contributed by atoms with Crippen molar-refractivity contribution in [1.29, 1.82) is 0 Å². The molecule has 104 valence electrons. The van der Waals surface area contributed by atoms with Crippen molar-refractivity contribution in [3.8, 4) is 0 Å². The summed E-state index contributed by atoms with van der Waals surface area (Å²) in [7, 11) is 0. The molecule has 2 aliphatic rings. The molecule has 5 heteroatoms. The lowest BCUT2D eigenvalue weighted by Gasteiger charge is -2.28. The summed E-state index contributed by atoms with van der Waals surface area (Å²) in [6, 6.07) is 2.04. The van der Waals surface area contributed by atoms with Gasteiger partial charge in [-0.05, 0) is 18.9 Å². The first-order valence-electron chi connectivity index (χ1n) is 7.34. The molecule has 0 aromatic carbocycles. The van der Waals surface area contributed by atoms with Gasteiger partial charge in [-0.15, -0.1) is 0 Å². The van der Waals surface area contributed by atoms with Crippen molar-refractivity contribution in [2.24, 2.45) is 0 Å². The molecule has 0 N–H and O–H groups in total. The SMILES string of the molecule is c1cc(N2CCCCCC2)nc(N2CCOCC2)n1. The fourth-order valence-corrected chi connectivity index (χ4v) is 2.73. The van der Waals surface area contributed by atoms with Crippen LogP contribution in [0.15, 0.2) is 12.3 Å². The molecule has 2 fully saturated rings. The molecule has 0 spiro atoms. The van der Waals surface area contributed by atoms with E-state index in [1.807, 2.05) is 12.3 Å². The van der Waals surface area contributed by atoms with Crippen LogP contribution in [0.25, 0.3) is 0 Å². The molecule has 1 aromatic heterocycles. The van der Waals surface area contributed by atoms with Crippen LogP contribution in [0.1, 0.15) is 25.7 Å². The minimum Gasteiger partial charge on any atom is -0.378 e. The number of aromatic nitrogens is 2. The summed E-state index contributed by atoms with van der Waals surface area (Å²) in [5, 5.41) is 0. The average molecular weight is 262 g/mol. The van der Waals surface area contributed by atoms with Gasteiger partial charge in [-0.1, -0.05) is 12.8 Å². The molecule has 19 heavy (non-hydrogen) atoms. The van der Waals surface area contributed by atoms with Gasteiger partial charge in [0.1, 0.15) is 5.82 Å². The molecule has 1 aromatic rings. The Hall–Kier alpha value is -1.36. The minimum atomic E-state index is 0.775. The molecule has 0 saturated carbocycles. The second kappa shape index (κ2) is 6.19. The lowest BCUT2D eigenvalue weighted by atomic mass is 10.2. The molecular weight excluding hydrogens is 240 g/mol. The number of ether oxygens (including phenoxy) is 1. The molecule has 2 saturated heterocycles. The maximum atomic E-state index is 5.38. The van der Waals surface area contributed by atoms with Crippen LogP contribution in [0.5, 0.6) is 0 Å². The predicted molar refractivity (Wildman–Crippen MR) is 75.7 cm³/mol. The van der Waals surface area contributed by atoms with Crippen LogP contribution in [-0.4, -0.2) is 49.4 Å². The summed E-state index contributed by atoms with van der Waals surface area (Å²) in [6.45, 7) is 5.58. The highest BCUT2D eigenvalue weighted by molar-refractivity contribution is 5.44. The lowest BCUT2D eigenvalue weighted by Crippen LogP contribution is -2.37. The smallest absolute Gasteiger partial charge is 0.227 e. The summed E-state index contributed by atoms with van der Waals surface area (Å²) in [4.78, 5) is 13.8. The highest BCUT2D eigenvalue weighted by Gasteiger charge is 2.16. The van der Waals surface area contributed by atoms with Crippen molar-refractivity contribution in [3.05, 3.63) is 12.3 Å². The van der Waals surface area contributed by atoms with Gasteiger partial charge in [0, 0.05) is 32.4 Å². The van der Waals surface area contributed by atoms with E-state index in [-0.39, 0.29) is 0 Å². The Balaban J connectivity index is 1.74. The third-order valence-electron chi connectivity index (χ3n) is 3.85. The molecule has 0 bridgehead atoms. The van der Waals surface area contributed by atoms with E-state index in [2.05, 4.69) is 14.8 Å². The monoisotopic (exact) mass is 262 g/mol. The van der Waals surface area contributed by atoms with Gasteiger partial charge in [0.25, 0.3) is 0 Å². The van der Waals surface area contributed by atoms with Crippen molar-refractivity contribution in [2.75, 3.05) is 49.2 Å². The van der Waals surface area contributed by atoms with Gasteiger partial charge >= 0.3 is 0 Å². The number of rotatable bonds is 2. The zero-order valence-electron chi connectivity index (χ0n) is 11.4. The first-order valence-corrected chi connectivity index (χ1v) is 7.34. The summed E-state index contributed by atoms with van der Waals surface area (Å²) in [5.74, 6) is 1.93.